The Morgan fingerprint density at radius 3 is 2.93 bits per heavy atom. The first-order valence-corrected chi connectivity index (χ1v) is 5.03. The SMILES string of the molecule is CCCC(C)n1cc(N)c(C(=O)OC)n1. The average Bonchev–Trinajstić information content (AvgIpc) is 2.60. The molecule has 1 heterocycles. The number of hydrogen-bond donors (Lipinski definition) is 1. The van der Waals surface area contributed by atoms with Crippen molar-refractivity contribution >= 4 is 11.7 Å². The van der Waals surface area contributed by atoms with Crippen LogP contribution in [0.15, 0.2) is 6.20 Å². The molecule has 5 heteroatoms. The Kier molecular flexibility index (Phi) is 3.71. The van der Waals surface area contributed by atoms with Gasteiger partial charge in [-0.1, -0.05) is 13.3 Å². The summed E-state index contributed by atoms with van der Waals surface area (Å²) in [5.41, 5.74) is 6.23. The van der Waals surface area contributed by atoms with Gasteiger partial charge in [0.2, 0.25) is 0 Å². The van der Waals surface area contributed by atoms with Crippen molar-refractivity contribution in [3.8, 4) is 0 Å². The first kappa shape index (κ1) is 11.6. The van der Waals surface area contributed by atoms with Gasteiger partial charge in [-0.05, 0) is 13.3 Å². The van der Waals surface area contributed by atoms with Gasteiger partial charge in [0.15, 0.2) is 5.69 Å². The number of esters is 1. The van der Waals surface area contributed by atoms with Gasteiger partial charge >= 0.3 is 5.97 Å². The topological polar surface area (TPSA) is 70.1 Å². The summed E-state index contributed by atoms with van der Waals surface area (Å²) in [5, 5.41) is 4.12. The molecule has 0 bridgehead atoms. The summed E-state index contributed by atoms with van der Waals surface area (Å²) >= 11 is 0. The zero-order chi connectivity index (χ0) is 11.4. The molecule has 0 aliphatic rings. The van der Waals surface area contributed by atoms with E-state index >= 15 is 0 Å². The number of rotatable bonds is 4. The van der Waals surface area contributed by atoms with Crippen LogP contribution in [0.5, 0.6) is 0 Å². The molecular weight excluding hydrogens is 194 g/mol. The van der Waals surface area contributed by atoms with Gasteiger partial charge in [-0.2, -0.15) is 5.10 Å². The maximum Gasteiger partial charge on any atom is 0.360 e. The van der Waals surface area contributed by atoms with Crippen LogP contribution in [-0.2, 0) is 4.74 Å². The molecule has 1 unspecified atom stereocenters. The summed E-state index contributed by atoms with van der Waals surface area (Å²) in [6, 6.07) is 0.246. The molecule has 2 N–H and O–H groups in total. The standard InChI is InChI=1S/C10H17N3O2/c1-4-5-7(2)13-6-8(11)9(12-13)10(14)15-3/h6-7H,4-5,11H2,1-3H3. The second kappa shape index (κ2) is 4.82. The fraction of sp³-hybridized carbons (Fsp3) is 0.600. The third-order valence-electron chi connectivity index (χ3n) is 2.30. The van der Waals surface area contributed by atoms with Crippen LogP contribution in [0, 0.1) is 0 Å². The van der Waals surface area contributed by atoms with Crippen LogP contribution in [0.4, 0.5) is 5.69 Å². The maximum absolute atomic E-state index is 11.3. The molecule has 0 aliphatic carbocycles. The van der Waals surface area contributed by atoms with Crippen molar-refractivity contribution in [1.82, 2.24) is 9.78 Å². The highest BCUT2D eigenvalue weighted by atomic mass is 16.5. The van der Waals surface area contributed by atoms with Crippen LogP contribution in [0.2, 0.25) is 0 Å². The number of ether oxygens (including phenoxy) is 1. The van der Waals surface area contributed by atoms with Crippen molar-refractivity contribution in [2.75, 3.05) is 12.8 Å². The summed E-state index contributed by atoms with van der Waals surface area (Å²) in [6.45, 7) is 4.14. The first-order chi connectivity index (χ1) is 7.10. The largest absolute Gasteiger partial charge is 0.464 e. The highest BCUT2D eigenvalue weighted by Gasteiger charge is 2.16. The molecule has 84 valence electrons. The van der Waals surface area contributed by atoms with E-state index in [-0.39, 0.29) is 11.7 Å². The van der Waals surface area contributed by atoms with Crippen molar-refractivity contribution in [3.63, 3.8) is 0 Å². The Morgan fingerprint density at radius 1 is 1.73 bits per heavy atom. The smallest absolute Gasteiger partial charge is 0.360 e. The van der Waals surface area contributed by atoms with Gasteiger partial charge < -0.3 is 10.5 Å². The minimum atomic E-state index is -0.491. The minimum absolute atomic E-state index is 0.195. The number of nitrogen functional groups attached to an aromatic ring is 1. The van der Waals surface area contributed by atoms with E-state index in [0.717, 1.165) is 12.8 Å². The molecule has 0 aromatic carbocycles. The number of nitrogens with two attached hydrogens (primary N) is 1. The molecule has 0 radical (unpaired) electrons. The van der Waals surface area contributed by atoms with Crippen LogP contribution in [-0.4, -0.2) is 22.9 Å². The first-order valence-electron chi connectivity index (χ1n) is 5.03. The Bertz CT molecular complexity index is 346. The molecule has 0 aliphatic heterocycles. The normalized spacial score (nSPS) is 12.5. The molecule has 1 aromatic rings. The molecule has 15 heavy (non-hydrogen) atoms. The molecule has 0 fully saturated rings. The maximum atomic E-state index is 11.3. The predicted molar refractivity (Wildman–Crippen MR) is 57.6 cm³/mol. The molecule has 5 nitrogen and oxygen atoms in total. The van der Waals surface area contributed by atoms with Crippen molar-refractivity contribution < 1.29 is 9.53 Å². The fourth-order valence-electron chi connectivity index (χ4n) is 1.44. The molecule has 0 spiro atoms. The zero-order valence-electron chi connectivity index (χ0n) is 9.36. The third kappa shape index (κ3) is 2.49. The van der Waals surface area contributed by atoms with Gasteiger partial charge in [-0.3, -0.25) is 4.68 Å². The number of nitrogens with zero attached hydrogens (tertiary/aromatic N) is 2. The minimum Gasteiger partial charge on any atom is -0.464 e. The quantitative estimate of drug-likeness (QED) is 0.768. The van der Waals surface area contributed by atoms with Gasteiger partial charge in [0.05, 0.1) is 12.8 Å². The molecule has 1 rings (SSSR count). The Hall–Kier alpha value is -1.52. The second-order valence-corrected chi connectivity index (χ2v) is 3.54. The zero-order valence-corrected chi connectivity index (χ0v) is 9.36. The van der Waals surface area contributed by atoms with E-state index in [4.69, 9.17) is 5.73 Å². The van der Waals surface area contributed by atoms with Crippen molar-refractivity contribution in [3.05, 3.63) is 11.9 Å². The van der Waals surface area contributed by atoms with E-state index in [1.165, 1.54) is 7.11 Å². The van der Waals surface area contributed by atoms with Gasteiger partial charge in [0.1, 0.15) is 0 Å². The number of methoxy groups -OCH3 is 1. The molecule has 0 amide bonds. The monoisotopic (exact) mass is 211 g/mol. The summed E-state index contributed by atoms with van der Waals surface area (Å²) in [6.07, 6.45) is 3.74. The van der Waals surface area contributed by atoms with Crippen LogP contribution in [0.25, 0.3) is 0 Å². The lowest BCUT2D eigenvalue weighted by molar-refractivity contribution is 0.0594. The number of carbonyl (C=O) groups is 1. The Balaban J connectivity index is 2.90. The van der Waals surface area contributed by atoms with Crippen LogP contribution in [0.3, 0.4) is 0 Å². The highest BCUT2D eigenvalue weighted by molar-refractivity contribution is 5.92. The summed E-state index contributed by atoms with van der Waals surface area (Å²) in [4.78, 5) is 11.3. The van der Waals surface area contributed by atoms with Gasteiger partial charge in [-0.25, -0.2) is 4.79 Å². The fourth-order valence-corrected chi connectivity index (χ4v) is 1.44. The van der Waals surface area contributed by atoms with Gasteiger partial charge in [0, 0.05) is 12.2 Å². The van der Waals surface area contributed by atoms with Crippen molar-refractivity contribution in [1.29, 1.82) is 0 Å². The number of anilines is 1. The van der Waals surface area contributed by atoms with E-state index < -0.39 is 5.97 Å². The predicted octanol–water partition coefficient (Wildman–Crippen LogP) is 1.61. The van der Waals surface area contributed by atoms with Crippen LogP contribution in [0.1, 0.15) is 43.2 Å². The van der Waals surface area contributed by atoms with Crippen LogP contribution >= 0.6 is 0 Å². The Morgan fingerprint density at radius 2 is 2.40 bits per heavy atom. The molecule has 0 saturated heterocycles. The average molecular weight is 211 g/mol. The highest BCUT2D eigenvalue weighted by Crippen LogP contribution is 2.17. The summed E-state index contributed by atoms with van der Waals surface area (Å²) in [7, 11) is 1.32. The lowest BCUT2D eigenvalue weighted by atomic mass is 10.2. The van der Waals surface area contributed by atoms with E-state index in [1.54, 1.807) is 10.9 Å². The van der Waals surface area contributed by atoms with E-state index in [0.29, 0.717) is 5.69 Å². The second-order valence-electron chi connectivity index (χ2n) is 3.54. The molecule has 0 saturated carbocycles. The van der Waals surface area contributed by atoms with Gasteiger partial charge in [-0.15, -0.1) is 0 Å². The summed E-state index contributed by atoms with van der Waals surface area (Å²) in [5.74, 6) is -0.491. The molecular formula is C10H17N3O2. The lowest BCUT2D eigenvalue weighted by Gasteiger charge is -2.09. The van der Waals surface area contributed by atoms with E-state index in [2.05, 4.69) is 16.8 Å². The van der Waals surface area contributed by atoms with Crippen LogP contribution < -0.4 is 5.73 Å². The van der Waals surface area contributed by atoms with Gasteiger partial charge in [0.25, 0.3) is 0 Å². The summed E-state index contributed by atoms with van der Waals surface area (Å²) < 4.78 is 6.29. The van der Waals surface area contributed by atoms with E-state index in [1.807, 2.05) is 6.92 Å². The molecule has 1 aromatic heterocycles. The third-order valence-corrected chi connectivity index (χ3v) is 2.30. The molecule has 1 atom stereocenters. The number of aromatic nitrogens is 2. The number of hydrogen-bond acceptors (Lipinski definition) is 4. The lowest BCUT2D eigenvalue weighted by Crippen LogP contribution is -2.09. The van der Waals surface area contributed by atoms with Crippen molar-refractivity contribution in [2.24, 2.45) is 0 Å². The van der Waals surface area contributed by atoms with E-state index in [9.17, 15) is 4.79 Å². The number of carbonyl (C=O) groups excluding carboxylic acids is 1. The van der Waals surface area contributed by atoms with Crippen molar-refractivity contribution in [2.45, 2.75) is 32.7 Å². The Labute approximate surface area is 89.2 Å².